The van der Waals surface area contributed by atoms with E-state index in [-0.39, 0.29) is 34.4 Å². The molecule has 2 N–H and O–H groups in total. The molecule has 33 heavy (non-hydrogen) atoms. The monoisotopic (exact) mass is 472 g/mol. The van der Waals surface area contributed by atoms with Gasteiger partial charge in [-0.25, -0.2) is 18.6 Å². The van der Waals surface area contributed by atoms with Crippen molar-refractivity contribution in [2.24, 2.45) is 0 Å². The number of rotatable bonds is 6. The maximum Gasteiger partial charge on any atom is 0.321 e. The molecule has 1 fully saturated rings. The predicted molar refractivity (Wildman–Crippen MR) is 122 cm³/mol. The second-order valence-electron chi connectivity index (χ2n) is 7.75. The smallest absolute Gasteiger partial charge is 0.321 e. The summed E-state index contributed by atoms with van der Waals surface area (Å²) in [6.45, 7) is 0. The maximum absolute atomic E-state index is 14.5. The Morgan fingerprint density at radius 3 is 2.64 bits per heavy atom. The van der Waals surface area contributed by atoms with E-state index >= 15 is 0 Å². The van der Waals surface area contributed by atoms with Crippen LogP contribution in [0.5, 0.6) is 0 Å². The Labute approximate surface area is 192 Å². The van der Waals surface area contributed by atoms with Gasteiger partial charge in [0.15, 0.2) is 5.16 Å². The molecule has 0 spiro atoms. The summed E-state index contributed by atoms with van der Waals surface area (Å²) in [6, 6.07) is 9.13. The number of nitrogens with one attached hydrogen (secondary N) is 2. The molecule has 3 amide bonds. The van der Waals surface area contributed by atoms with Gasteiger partial charge >= 0.3 is 6.03 Å². The van der Waals surface area contributed by atoms with E-state index in [0.717, 1.165) is 48.1 Å². The summed E-state index contributed by atoms with van der Waals surface area (Å²) in [4.78, 5) is 41.7. The second kappa shape index (κ2) is 10.1. The number of carbonyl (C=O) groups excluding carboxylic acids is 2. The first-order chi connectivity index (χ1) is 15.9. The number of carbonyl (C=O) groups is 2. The SMILES string of the molecule is O=C(CCSc1nc2ccccc2c(=O)n1-c1ccc(F)cc1F)NC(=O)NC1CCCC1. The van der Waals surface area contributed by atoms with Crippen molar-refractivity contribution in [1.82, 2.24) is 20.2 Å². The van der Waals surface area contributed by atoms with E-state index in [1.54, 1.807) is 24.3 Å². The first-order valence-corrected chi connectivity index (χ1v) is 11.6. The number of imide groups is 1. The first kappa shape index (κ1) is 22.9. The molecule has 1 heterocycles. The first-order valence-electron chi connectivity index (χ1n) is 10.6. The summed E-state index contributed by atoms with van der Waals surface area (Å²) in [5.74, 6) is -1.95. The summed E-state index contributed by atoms with van der Waals surface area (Å²) >= 11 is 1.07. The van der Waals surface area contributed by atoms with Crippen LogP contribution in [-0.2, 0) is 4.79 Å². The fourth-order valence-corrected chi connectivity index (χ4v) is 4.74. The molecule has 3 aromatic rings. The average Bonchev–Trinajstić information content (AvgIpc) is 3.28. The molecule has 1 aliphatic rings. The van der Waals surface area contributed by atoms with Gasteiger partial charge in [0.1, 0.15) is 11.6 Å². The van der Waals surface area contributed by atoms with Crippen LogP contribution in [0.2, 0.25) is 0 Å². The Kier molecular flexibility index (Phi) is 7.02. The molecule has 2 aromatic carbocycles. The van der Waals surface area contributed by atoms with E-state index in [1.807, 2.05) is 0 Å². The summed E-state index contributed by atoms with van der Waals surface area (Å²) < 4.78 is 29.0. The minimum Gasteiger partial charge on any atom is -0.335 e. The third kappa shape index (κ3) is 5.39. The van der Waals surface area contributed by atoms with Crippen molar-refractivity contribution in [3.8, 4) is 5.69 Å². The fraction of sp³-hybridized carbons (Fsp3) is 0.304. The van der Waals surface area contributed by atoms with E-state index in [0.29, 0.717) is 11.6 Å². The van der Waals surface area contributed by atoms with Crippen LogP contribution < -0.4 is 16.2 Å². The van der Waals surface area contributed by atoms with Crippen LogP contribution in [0.15, 0.2) is 52.4 Å². The van der Waals surface area contributed by atoms with Gasteiger partial charge < -0.3 is 5.32 Å². The second-order valence-corrected chi connectivity index (χ2v) is 8.81. The number of nitrogens with zero attached hydrogens (tertiary/aromatic N) is 2. The third-order valence-electron chi connectivity index (χ3n) is 5.40. The number of hydrogen-bond donors (Lipinski definition) is 2. The Hall–Kier alpha value is -3.27. The molecule has 7 nitrogen and oxygen atoms in total. The lowest BCUT2D eigenvalue weighted by Gasteiger charge is -2.14. The molecule has 1 aliphatic carbocycles. The summed E-state index contributed by atoms with van der Waals surface area (Å²) in [7, 11) is 0. The van der Waals surface area contributed by atoms with Crippen molar-refractivity contribution in [3.05, 3.63) is 64.5 Å². The van der Waals surface area contributed by atoms with Crippen molar-refractivity contribution in [2.75, 3.05) is 5.75 Å². The Balaban J connectivity index is 1.51. The molecule has 0 bridgehead atoms. The summed E-state index contributed by atoms with van der Waals surface area (Å²) in [5, 5.41) is 5.53. The van der Waals surface area contributed by atoms with Crippen LogP contribution in [0, 0.1) is 11.6 Å². The van der Waals surface area contributed by atoms with Gasteiger partial charge in [-0.2, -0.15) is 0 Å². The molecule has 0 radical (unpaired) electrons. The standard InChI is InChI=1S/C23H22F2N4O3S/c24-14-9-10-19(17(25)13-14)29-21(31)16-7-3-4-8-18(16)27-23(29)33-12-11-20(30)28-22(32)26-15-5-1-2-6-15/h3-4,7-10,13,15H,1-2,5-6,11-12H2,(H2,26,28,30,32). The topological polar surface area (TPSA) is 93.1 Å². The molecule has 1 saturated carbocycles. The molecular formula is C23H22F2N4O3S. The van der Waals surface area contributed by atoms with Crippen molar-refractivity contribution < 1.29 is 18.4 Å². The Morgan fingerprint density at radius 2 is 1.88 bits per heavy atom. The number of halogens is 2. The molecule has 1 aromatic heterocycles. The van der Waals surface area contributed by atoms with Gasteiger partial charge in [-0.3, -0.25) is 19.5 Å². The molecule has 4 rings (SSSR count). The van der Waals surface area contributed by atoms with Crippen LogP contribution in [-0.4, -0.2) is 33.3 Å². The Bertz CT molecular complexity index is 1260. The number of amides is 3. The highest BCUT2D eigenvalue weighted by molar-refractivity contribution is 7.99. The number of fused-ring (bicyclic) bond motifs is 1. The molecule has 0 aliphatic heterocycles. The summed E-state index contributed by atoms with van der Waals surface area (Å²) in [6.07, 6.45) is 3.91. The zero-order chi connectivity index (χ0) is 23.4. The number of aromatic nitrogens is 2. The maximum atomic E-state index is 14.5. The summed E-state index contributed by atoms with van der Waals surface area (Å²) in [5.41, 5.74) is -0.222. The molecule has 10 heteroatoms. The average molecular weight is 473 g/mol. The lowest BCUT2D eigenvalue weighted by atomic mass is 10.2. The van der Waals surface area contributed by atoms with E-state index < -0.39 is 29.1 Å². The van der Waals surface area contributed by atoms with Crippen molar-refractivity contribution in [3.63, 3.8) is 0 Å². The normalized spacial score (nSPS) is 13.9. The van der Waals surface area contributed by atoms with Crippen LogP contribution in [0.1, 0.15) is 32.1 Å². The van der Waals surface area contributed by atoms with Crippen molar-refractivity contribution in [2.45, 2.75) is 43.3 Å². The zero-order valence-corrected chi connectivity index (χ0v) is 18.5. The number of hydrogen-bond acceptors (Lipinski definition) is 5. The highest BCUT2D eigenvalue weighted by atomic mass is 32.2. The van der Waals surface area contributed by atoms with Crippen molar-refractivity contribution >= 4 is 34.6 Å². The minimum atomic E-state index is -0.905. The third-order valence-corrected chi connectivity index (χ3v) is 6.34. The van der Waals surface area contributed by atoms with E-state index in [4.69, 9.17) is 0 Å². The molecular weight excluding hydrogens is 450 g/mol. The quantitative estimate of drug-likeness (QED) is 0.419. The Morgan fingerprint density at radius 1 is 1.12 bits per heavy atom. The van der Waals surface area contributed by atoms with Crippen LogP contribution in [0.4, 0.5) is 13.6 Å². The van der Waals surface area contributed by atoms with Gasteiger partial charge in [-0.05, 0) is 37.1 Å². The largest absolute Gasteiger partial charge is 0.335 e. The van der Waals surface area contributed by atoms with E-state index in [1.165, 1.54) is 6.07 Å². The van der Waals surface area contributed by atoms with Crippen molar-refractivity contribution in [1.29, 1.82) is 0 Å². The fourth-order valence-electron chi connectivity index (χ4n) is 3.80. The van der Waals surface area contributed by atoms with Crippen LogP contribution >= 0.6 is 11.8 Å². The number of urea groups is 1. The molecule has 172 valence electrons. The highest BCUT2D eigenvalue weighted by Gasteiger charge is 2.19. The number of para-hydroxylation sites is 1. The van der Waals surface area contributed by atoms with Gasteiger partial charge in [0, 0.05) is 24.3 Å². The van der Waals surface area contributed by atoms with Gasteiger partial charge in [-0.15, -0.1) is 0 Å². The van der Waals surface area contributed by atoms with Gasteiger partial charge in [0.05, 0.1) is 16.6 Å². The zero-order valence-electron chi connectivity index (χ0n) is 17.6. The minimum absolute atomic E-state index is 0.0165. The van der Waals surface area contributed by atoms with Crippen LogP contribution in [0.3, 0.4) is 0 Å². The van der Waals surface area contributed by atoms with E-state index in [9.17, 15) is 23.2 Å². The highest BCUT2D eigenvalue weighted by Crippen LogP contribution is 2.24. The number of benzene rings is 2. The predicted octanol–water partition coefficient (Wildman–Crippen LogP) is 3.91. The van der Waals surface area contributed by atoms with Gasteiger partial charge in [-0.1, -0.05) is 36.7 Å². The lowest BCUT2D eigenvalue weighted by molar-refractivity contribution is -0.119. The molecule has 0 saturated heterocycles. The van der Waals surface area contributed by atoms with Gasteiger partial charge in [0.2, 0.25) is 5.91 Å². The van der Waals surface area contributed by atoms with Gasteiger partial charge in [0.25, 0.3) is 5.56 Å². The van der Waals surface area contributed by atoms with Crippen LogP contribution in [0.25, 0.3) is 16.6 Å². The molecule has 0 atom stereocenters. The lowest BCUT2D eigenvalue weighted by Crippen LogP contribution is -2.43. The number of thioether (sulfide) groups is 1. The molecule has 0 unspecified atom stereocenters. The van der Waals surface area contributed by atoms with E-state index in [2.05, 4.69) is 15.6 Å².